The zero-order chi connectivity index (χ0) is 9.14. The Balaban J connectivity index is 2.97. The molecule has 0 aliphatic heterocycles. The first-order valence-electron chi connectivity index (χ1n) is 3.34. The van der Waals surface area contributed by atoms with Crippen molar-refractivity contribution in [1.82, 2.24) is 0 Å². The van der Waals surface area contributed by atoms with Crippen LogP contribution in [0.15, 0.2) is 18.2 Å². The number of benzene rings is 1. The Bertz CT molecular complexity index is 312. The van der Waals surface area contributed by atoms with Gasteiger partial charge in [-0.1, -0.05) is 0 Å². The Morgan fingerprint density at radius 3 is 2.75 bits per heavy atom. The molecule has 0 bridgehead atoms. The van der Waals surface area contributed by atoms with Crippen LogP contribution in [-0.2, 0) is 9.90 Å². The monoisotopic (exact) mass is 168 g/mol. The number of hydrogen-bond acceptors (Lipinski definition) is 1. The summed E-state index contributed by atoms with van der Waals surface area (Å²) < 4.78 is 12.8. The maximum atomic E-state index is 12.8. The van der Waals surface area contributed by atoms with Gasteiger partial charge in [0, 0.05) is 13.0 Å². The second kappa shape index (κ2) is 3.21. The van der Waals surface area contributed by atoms with Gasteiger partial charge < -0.3 is 5.32 Å². The molecule has 0 saturated carbocycles. The molecule has 0 heterocycles. The van der Waals surface area contributed by atoms with Crippen LogP contribution in [0.5, 0.6) is 5.75 Å². The summed E-state index contributed by atoms with van der Waals surface area (Å²) in [7, 11) is 0. The average molecular weight is 168 g/mol. The largest absolute Gasteiger partial charge is 0.324 e. The van der Waals surface area contributed by atoms with Gasteiger partial charge >= 0.3 is 0 Å². The van der Waals surface area contributed by atoms with Crippen LogP contribution in [0, 0.1) is 5.82 Å². The number of halogens is 1. The summed E-state index contributed by atoms with van der Waals surface area (Å²) in [5, 5.41) is 12.9. The quantitative estimate of drug-likeness (QED) is 0.684. The standard InChI is InChI=1S/C8H7FNO2/c1-5(11)10-8-4-6(12)2-3-7(8)9/h2-4H,1H3,(H,10,11). The van der Waals surface area contributed by atoms with Gasteiger partial charge in [0.05, 0.1) is 5.69 Å². The molecular formula is C8H7FNO2. The molecule has 0 fully saturated rings. The van der Waals surface area contributed by atoms with E-state index in [0.29, 0.717) is 0 Å². The van der Waals surface area contributed by atoms with Gasteiger partial charge in [-0.3, -0.25) is 9.90 Å². The zero-order valence-corrected chi connectivity index (χ0v) is 6.43. The molecule has 3 nitrogen and oxygen atoms in total. The van der Waals surface area contributed by atoms with Crippen LogP contribution in [0.25, 0.3) is 0 Å². The van der Waals surface area contributed by atoms with E-state index in [-0.39, 0.29) is 11.4 Å². The molecule has 12 heavy (non-hydrogen) atoms. The maximum absolute atomic E-state index is 12.8. The number of anilines is 1. The first kappa shape index (κ1) is 8.52. The van der Waals surface area contributed by atoms with Crippen LogP contribution in [0.4, 0.5) is 10.1 Å². The molecule has 1 aromatic rings. The predicted molar refractivity (Wildman–Crippen MR) is 40.8 cm³/mol. The summed E-state index contributed by atoms with van der Waals surface area (Å²) >= 11 is 0. The summed E-state index contributed by atoms with van der Waals surface area (Å²) in [6.07, 6.45) is 0. The maximum Gasteiger partial charge on any atom is 0.221 e. The van der Waals surface area contributed by atoms with Crippen molar-refractivity contribution in [3.63, 3.8) is 0 Å². The minimum atomic E-state index is -0.607. The Kier molecular flexibility index (Phi) is 2.28. The molecule has 1 N–H and O–H groups in total. The summed E-state index contributed by atoms with van der Waals surface area (Å²) in [6.45, 7) is 1.25. The van der Waals surface area contributed by atoms with Crippen LogP contribution in [0.2, 0.25) is 0 Å². The highest BCUT2D eigenvalue weighted by Gasteiger charge is 2.04. The first-order chi connectivity index (χ1) is 5.59. The number of nitrogens with one attached hydrogen (secondary N) is 1. The minimum absolute atomic E-state index is 0.0741. The van der Waals surface area contributed by atoms with Crippen LogP contribution in [0.1, 0.15) is 6.92 Å². The third-order valence-electron chi connectivity index (χ3n) is 1.25. The average Bonchev–Trinajstić information content (AvgIpc) is 1.96. The van der Waals surface area contributed by atoms with E-state index in [9.17, 15) is 14.3 Å². The SMILES string of the molecule is CC(=O)Nc1cc([O])ccc1F. The Morgan fingerprint density at radius 2 is 2.17 bits per heavy atom. The third kappa shape index (κ3) is 1.95. The number of rotatable bonds is 1. The normalized spacial score (nSPS) is 9.50. The lowest BCUT2D eigenvalue weighted by atomic mass is 10.3. The molecule has 0 atom stereocenters. The fourth-order valence-electron chi connectivity index (χ4n) is 0.790. The first-order valence-corrected chi connectivity index (χ1v) is 3.34. The number of carbonyl (C=O) groups is 1. The van der Waals surface area contributed by atoms with E-state index in [4.69, 9.17) is 0 Å². The topological polar surface area (TPSA) is 49.0 Å². The second-order valence-electron chi connectivity index (χ2n) is 2.32. The van der Waals surface area contributed by atoms with Crippen LogP contribution >= 0.6 is 0 Å². The van der Waals surface area contributed by atoms with Gasteiger partial charge in [0.15, 0.2) is 5.75 Å². The molecule has 0 spiro atoms. The van der Waals surface area contributed by atoms with Gasteiger partial charge in [-0.2, -0.15) is 0 Å². The van der Waals surface area contributed by atoms with Crippen LogP contribution in [-0.4, -0.2) is 5.91 Å². The van der Waals surface area contributed by atoms with Gasteiger partial charge in [-0.25, -0.2) is 4.39 Å². The van der Waals surface area contributed by atoms with Gasteiger partial charge in [0.25, 0.3) is 0 Å². The lowest BCUT2D eigenvalue weighted by Crippen LogP contribution is -2.06. The van der Waals surface area contributed by atoms with E-state index in [1.54, 1.807) is 0 Å². The molecule has 0 aliphatic rings. The van der Waals surface area contributed by atoms with Crippen molar-refractivity contribution in [2.45, 2.75) is 6.92 Å². The lowest BCUT2D eigenvalue weighted by Gasteiger charge is -2.01. The van der Waals surface area contributed by atoms with Crippen molar-refractivity contribution in [2.24, 2.45) is 0 Å². The van der Waals surface area contributed by atoms with Crippen molar-refractivity contribution in [3.05, 3.63) is 24.0 Å². The molecular weight excluding hydrogens is 161 g/mol. The molecule has 1 amide bonds. The van der Waals surface area contributed by atoms with E-state index in [1.807, 2.05) is 0 Å². The second-order valence-corrected chi connectivity index (χ2v) is 2.32. The van der Waals surface area contributed by atoms with E-state index in [0.717, 1.165) is 18.2 Å². The van der Waals surface area contributed by atoms with Crippen molar-refractivity contribution in [3.8, 4) is 5.75 Å². The minimum Gasteiger partial charge on any atom is -0.324 e. The van der Waals surface area contributed by atoms with E-state index >= 15 is 0 Å². The fraction of sp³-hybridized carbons (Fsp3) is 0.125. The molecule has 63 valence electrons. The molecule has 0 saturated heterocycles. The van der Waals surface area contributed by atoms with Crippen molar-refractivity contribution in [1.29, 1.82) is 0 Å². The van der Waals surface area contributed by atoms with Crippen LogP contribution in [0.3, 0.4) is 0 Å². The number of carbonyl (C=O) groups excluding carboxylic acids is 1. The highest BCUT2D eigenvalue weighted by molar-refractivity contribution is 5.88. The molecule has 1 rings (SSSR count). The summed E-state index contributed by atoms with van der Waals surface area (Å²) in [5.41, 5.74) is -0.0741. The lowest BCUT2D eigenvalue weighted by molar-refractivity contribution is -0.114. The Labute approximate surface area is 68.8 Å². The van der Waals surface area contributed by atoms with Crippen molar-refractivity contribution in [2.75, 3.05) is 5.32 Å². The third-order valence-corrected chi connectivity index (χ3v) is 1.25. The summed E-state index contributed by atoms with van der Waals surface area (Å²) in [4.78, 5) is 10.5. The Hall–Kier alpha value is -1.58. The van der Waals surface area contributed by atoms with Crippen molar-refractivity contribution >= 4 is 11.6 Å². The molecule has 1 aromatic carbocycles. The smallest absolute Gasteiger partial charge is 0.221 e. The highest BCUT2D eigenvalue weighted by atomic mass is 19.1. The van der Waals surface area contributed by atoms with E-state index < -0.39 is 11.7 Å². The molecule has 1 radical (unpaired) electrons. The van der Waals surface area contributed by atoms with Gasteiger partial charge in [0.2, 0.25) is 5.91 Å². The Morgan fingerprint density at radius 1 is 1.50 bits per heavy atom. The predicted octanol–water partition coefficient (Wildman–Crippen LogP) is 1.93. The summed E-state index contributed by atoms with van der Waals surface area (Å²) in [6, 6.07) is 3.16. The van der Waals surface area contributed by atoms with Gasteiger partial charge in [-0.15, -0.1) is 0 Å². The fourth-order valence-corrected chi connectivity index (χ4v) is 0.790. The summed E-state index contributed by atoms with van der Waals surface area (Å²) in [5.74, 6) is -1.34. The highest BCUT2D eigenvalue weighted by Crippen LogP contribution is 2.20. The van der Waals surface area contributed by atoms with E-state index in [2.05, 4.69) is 5.32 Å². The molecule has 4 heteroatoms. The van der Waals surface area contributed by atoms with Crippen LogP contribution < -0.4 is 5.32 Å². The van der Waals surface area contributed by atoms with Crippen molar-refractivity contribution < 1.29 is 14.3 Å². The van der Waals surface area contributed by atoms with E-state index in [1.165, 1.54) is 6.92 Å². The zero-order valence-electron chi connectivity index (χ0n) is 6.43. The van der Waals surface area contributed by atoms with Gasteiger partial charge in [-0.05, 0) is 12.1 Å². The number of hydrogen-bond donors (Lipinski definition) is 1. The molecule has 0 aromatic heterocycles. The molecule has 0 aliphatic carbocycles. The number of amides is 1. The van der Waals surface area contributed by atoms with Gasteiger partial charge in [0.1, 0.15) is 5.82 Å². The molecule has 0 unspecified atom stereocenters.